The summed E-state index contributed by atoms with van der Waals surface area (Å²) in [4.78, 5) is 0. The lowest BCUT2D eigenvalue weighted by molar-refractivity contribution is 0.371. The first-order chi connectivity index (χ1) is 7.65. The van der Waals surface area contributed by atoms with E-state index in [0.717, 1.165) is 12.5 Å². The summed E-state index contributed by atoms with van der Waals surface area (Å²) >= 11 is 0. The molecule has 16 heavy (non-hydrogen) atoms. The first-order valence-corrected chi connectivity index (χ1v) is 8.32. The van der Waals surface area contributed by atoms with Crippen molar-refractivity contribution in [2.45, 2.75) is 63.7 Å². The molecule has 96 valence electrons. The zero-order valence-electron chi connectivity index (χ0n) is 11.0. The molecule has 4 unspecified atom stereocenters. The Hall–Kier alpha value is 0.110. The number of hydrogen-bond donors (Lipinski definition) is 1. The van der Waals surface area contributed by atoms with Gasteiger partial charge in [0.2, 0.25) is 0 Å². The van der Waals surface area contributed by atoms with E-state index < -0.39 is 10.8 Å². The minimum absolute atomic E-state index is 0.285. The lowest BCUT2D eigenvalue weighted by atomic mass is 9.97. The summed E-state index contributed by atoms with van der Waals surface area (Å²) in [5.74, 6) is 0.873. The van der Waals surface area contributed by atoms with Gasteiger partial charge in [-0.2, -0.15) is 0 Å². The Morgan fingerprint density at radius 2 is 2.19 bits per heavy atom. The van der Waals surface area contributed by atoms with E-state index in [2.05, 4.69) is 19.2 Å². The highest BCUT2D eigenvalue weighted by atomic mass is 32.2. The van der Waals surface area contributed by atoms with Gasteiger partial charge in [0.05, 0.1) is 0 Å². The molecule has 0 bridgehead atoms. The SMILES string of the molecule is CCCCC1CCCC1NCC(C)S(C)=O. The average molecular weight is 245 g/mol. The van der Waals surface area contributed by atoms with Crippen LogP contribution in [0.15, 0.2) is 0 Å². The molecule has 0 radical (unpaired) electrons. The Kier molecular flexibility index (Phi) is 6.59. The fourth-order valence-corrected chi connectivity index (χ4v) is 2.88. The molecule has 1 saturated carbocycles. The van der Waals surface area contributed by atoms with E-state index in [9.17, 15) is 4.21 Å². The maximum Gasteiger partial charge on any atom is 0.0441 e. The molecule has 1 N–H and O–H groups in total. The van der Waals surface area contributed by atoms with E-state index in [1.165, 1.54) is 38.5 Å². The molecule has 1 rings (SSSR count). The topological polar surface area (TPSA) is 29.1 Å². The van der Waals surface area contributed by atoms with Gasteiger partial charge >= 0.3 is 0 Å². The molecule has 0 aromatic carbocycles. The molecule has 1 fully saturated rings. The number of unbranched alkanes of at least 4 members (excludes halogenated alkanes) is 1. The first-order valence-electron chi connectivity index (χ1n) is 6.70. The predicted molar refractivity (Wildman–Crippen MR) is 72.2 cm³/mol. The van der Waals surface area contributed by atoms with E-state index in [1.54, 1.807) is 6.26 Å². The maximum atomic E-state index is 11.3. The van der Waals surface area contributed by atoms with Crippen LogP contribution in [0.4, 0.5) is 0 Å². The second kappa shape index (κ2) is 7.44. The molecular weight excluding hydrogens is 218 g/mol. The fourth-order valence-electron chi connectivity index (χ4n) is 2.55. The van der Waals surface area contributed by atoms with E-state index in [4.69, 9.17) is 0 Å². The summed E-state index contributed by atoms with van der Waals surface area (Å²) in [6, 6.07) is 0.692. The largest absolute Gasteiger partial charge is 0.313 e. The Balaban J connectivity index is 2.26. The molecule has 0 heterocycles. The van der Waals surface area contributed by atoms with Gasteiger partial charge in [0.25, 0.3) is 0 Å². The summed E-state index contributed by atoms with van der Waals surface area (Å²) in [6.07, 6.45) is 9.92. The minimum atomic E-state index is -0.689. The van der Waals surface area contributed by atoms with Gasteiger partial charge in [-0.25, -0.2) is 0 Å². The van der Waals surface area contributed by atoms with Crippen molar-refractivity contribution >= 4 is 10.8 Å². The number of nitrogens with one attached hydrogen (secondary N) is 1. The zero-order chi connectivity index (χ0) is 12.0. The normalized spacial score (nSPS) is 29.2. The second-order valence-electron chi connectivity index (χ2n) is 5.16. The van der Waals surface area contributed by atoms with Crippen molar-refractivity contribution in [3.05, 3.63) is 0 Å². The lowest BCUT2D eigenvalue weighted by Crippen LogP contribution is -2.38. The second-order valence-corrected chi connectivity index (χ2v) is 6.96. The molecule has 2 nitrogen and oxygen atoms in total. The molecule has 0 aromatic rings. The highest BCUT2D eigenvalue weighted by molar-refractivity contribution is 7.84. The standard InChI is InChI=1S/C13H27NOS/c1-4-5-7-12-8-6-9-13(12)14-10-11(2)16(3)15/h11-14H,4-10H2,1-3H3. The van der Waals surface area contributed by atoms with Gasteiger partial charge < -0.3 is 5.32 Å². The van der Waals surface area contributed by atoms with Gasteiger partial charge in [-0.05, 0) is 32.1 Å². The van der Waals surface area contributed by atoms with Crippen LogP contribution in [0.5, 0.6) is 0 Å². The third kappa shape index (κ3) is 4.54. The van der Waals surface area contributed by atoms with Crippen molar-refractivity contribution in [1.82, 2.24) is 5.32 Å². The monoisotopic (exact) mass is 245 g/mol. The van der Waals surface area contributed by atoms with Crippen molar-refractivity contribution in [3.63, 3.8) is 0 Å². The van der Waals surface area contributed by atoms with E-state index in [0.29, 0.717) is 6.04 Å². The Morgan fingerprint density at radius 3 is 2.81 bits per heavy atom. The van der Waals surface area contributed by atoms with Crippen LogP contribution in [0, 0.1) is 5.92 Å². The number of rotatable bonds is 7. The van der Waals surface area contributed by atoms with Crippen LogP contribution in [-0.4, -0.2) is 28.3 Å². The highest BCUT2D eigenvalue weighted by Crippen LogP contribution is 2.29. The summed E-state index contributed by atoms with van der Waals surface area (Å²) < 4.78 is 11.3. The van der Waals surface area contributed by atoms with E-state index >= 15 is 0 Å². The third-order valence-electron chi connectivity index (χ3n) is 3.82. The summed E-state index contributed by atoms with van der Waals surface area (Å²) in [7, 11) is -0.689. The predicted octanol–water partition coefficient (Wildman–Crippen LogP) is 2.70. The van der Waals surface area contributed by atoms with Crippen LogP contribution >= 0.6 is 0 Å². The van der Waals surface area contributed by atoms with Gasteiger partial charge in [-0.15, -0.1) is 0 Å². The Bertz CT molecular complexity index is 220. The smallest absolute Gasteiger partial charge is 0.0441 e. The molecule has 0 aromatic heterocycles. The van der Waals surface area contributed by atoms with Crippen LogP contribution in [0.25, 0.3) is 0 Å². The summed E-state index contributed by atoms with van der Waals surface area (Å²) in [6.45, 7) is 5.25. The van der Waals surface area contributed by atoms with Gasteiger partial charge in [0.1, 0.15) is 0 Å². The fraction of sp³-hybridized carbons (Fsp3) is 1.00. The van der Waals surface area contributed by atoms with Crippen molar-refractivity contribution in [2.75, 3.05) is 12.8 Å². The molecule has 0 spiro atoms. The highest BCUT2D eigenvalue weighted by Gasteiger charge is 2.26. The van der Waals surface area contributed by atoms with Crippen LogP contribution in [0.2, 0.25) is 0 Å². The molecule has 0 saturated heterocycles. The van der Waals surface area contributed by atoms with Crippen LogP contribution in [0.1, 0.15) is 52.4 Å². The quantitative estimate of drug-likeness (QED) is 0.747. The van der Waals surface area contributed by atoms with E-state index in [-0.39, 0.29) is 5.25 Å². The molecule has 0 aliphatic heterocycles. The Morgan fingerprint density at radius 1 is 1.44 bits per heavy atom. The lowest BCUT2D eigenvalue weighted by Gasteiger charge is -2.22. The van der Waals surface area contributed by atoms with Gasteiger partial charge in [-0.1, -0.05) is 26.2 Å². The molecule has 1 aliphatic rings. The molecular formula is C13H27NOS. The molecule has 3 heteroatoms. The maximum absolute atomic E-state index is 11.3. The summed E-state index contributed by atoms with van der Waals surface area (Å²) in [5.41, 5.74) is 0. The van der Waals surface area contributed by atoms with Crippen molar-refractivity contribution in [2.24, 2.45) is 5.92 Å². The molecule has 4 atom stereocenters. The van der Waals surface area contributed by atoms with Crippen molar-refractivity contribution < 1.29 is 4.21 Å². The van der Waals surface area contributed by atoms with E-state index in [1.807, 2.05) is 0 Å². The summed E-state index contributed by atoms with van der Waals surface area (Å²) in [5, 5.41) is 3.91. The number of hydrogen-bond acceptors (Lipinski definition) is 2. The van der Waals surface area contributed by atoms with Gasteiger partial charge in [-0.3, -0.25) is 4.21 Å². The van der Waals surface area contributed by atoms with Crippen molar-refractivity contribution in [3.8, 4) is 0 Å². The minimum Gasteiger partial charge on any atom is -0.313 e. The molecule has 1 aliphatic carbocycles. The van der Waals surface area contributed by atoms with Crippen LogP contribution < -0.4 is 5.32 Å². The average Bonchev–Trinajstić information content (AvgIpc) is 2.70. The van der Waals surface area contributed by atoms with Gasteiger partial charge in [0, 0.05) is 34.9 Å². The Labute approximate surface area is 103 Å². The molecule has 0 amide bonds. The first kappa shape index (κ1) is 14.2. The van der Waals surface area contributed by atoms with Crippen molar-refractivity contribution in [1.29, 1.82) is 0 Å². The van der Waals surface area contributed by atoms with Crippen LogP contribution in [-0.2, 0) is 10.8 Å². The van der Waals surface area contributed by atoms with Crippen LogP contribution in [0.3, 0.4) is 0 Å². The third-order valence-corrected chi connectivity index (χ3v) is 5.12. The zero-order valence-corrected chi connectivity index (χ0v) is 11.8. The van der Waals surface area contributed by atoms with Gasteiger partial charge in [0.15, 0.2) is 0 Å².